The van der Waals surface area contributed by atoms with Crippen LogP contribution in [0.1, 0.15) is 10.4 Å². The molecule has 0 bridgehead atoms. The van der Waals surface area contributed by atoms with Gasteiger partial charge in [-0.3, -0.25) is 4.79 Å². The van der Waals surface area contributed by atoms with Gasteiger partial charge in [0.1, 0.15) is 30.2 Å². The summed E-state index contributed by atoms with van der Waals surface area (Å²) in [7, 11) is 1.35. The molecule has 0 heterocycles. The van der Waals surface area contributed by atoms with Crippen LogP contribution in [0.4, 0.5) is 0 Å². The SMILES string of the molecule is COc1ccccc1C(=O)[C@H](O)[C@@H](O)[C@H](O)[C@H](O)CO. The average molecular weight is 286 g/mol. The number of hydrogen-bond acceptors (Lipinski definition) is 7. The average Bonchev–Trinajstić information content (AvgIpc) is 2.50. The van der Waals surface area contributed by atoms with Crippen molar-refractivity contribution in [3.8, 4) is 5.75 Å². The topological polar surface area (TPSA) is 127 Å². The molecule has 4 atom stereocenters. The number of ketones is 1. The molecular formula is C13H18O7. The van der Waals surface area contributed by atoms with E-state index in [1.165, 1.54) is 19.2 Å². The number of carbonyl (C=O) groups excluding carboxylic acids is 1. The van der Waals surface area contributed by atoms with E-state index < -0.39 is 36.8 Å². The Morgan fingerprint density at radius 2 is 1.75 bits per heavy atom. The summed E-state index contributed by atoms with van der Waals surface area (Å²) in [6.07, 6.45) is -7.41. The van der Waals surface area contributed by atoms with Crippen LogP contribution < -0.4 is 4.74 Å². The predicted octanol–water partition coefficient (Wildman–Crippen LogP) is -1.69. The van der Waals surface area contributed by atoms with Gasteiger partial charge in [-0.25, -0.2) is 0 Å². The molecule has 5 N–H and O–H groups in total. The van der Waals surface area contributed by atoms with Crippen molar-refractivity contribution in [2.75, 3.05) is 13.7 Å². The van der Waals surface area contributed by atoms with Gasteiger partial charge in [0.2, 0.25) is 0 Å². The van der Waals surface area contributed by atoms with Crippen LogP contribution in [0, 0.1) is 0 Å². The van der Waals surface area contributed by atoms with E-state index in [4.69, 9.17) is 9.84 Å². The summed E-state index contributed by atoms with van der Waals surface area (Å²) < 4.78 is 4.96. The van der Waals surface area contributed by atoms with Crippen molar-refractivity contribution in [2.24, 2.45) is 0 Å². The van der Waals surface area contributed by atoms with Gasteiger partial charge >= 0.3 is 0 Å². The Morgan fingerprint density at radius 3 is 2.30 bits per heavy atom. The molecule has 7 nitrogen and oxygen atoms in total. The normalized spacial score (nSPS) is 17.1. The van der Waals surface area contributed by atoms with Gasteiger partial charge < -0.3 is 30.3 Å². The van der Waals surface area contributed by atoms with Gasteiger partial charge in [0, 0.05) is 0 Å². The molecule has 0 aromatic heterocycles. The molecule has 0 fully saturated rings. The van der Waals surface area contributed by atoms with Crippen LogP contribution in [0.25, 0.3) is 0 Å². The molecule has 7 heteroatoms. The second kappa shape index (κ2) is 7.32. The van der Waals surface area contributed by atoms with Crippen molar-refractivity contribution in [3.05, 3.63) is 29.8 Å². The highest BCUT2D eigenvalue weighted by Gasteiger charge is 2.35. The van der Waals surface area contributed by atoms with E-state index in [9.17, 15) is 25.2 Å². The Morgan fingerprint density at radius 1 is 1.15 bits per heavy atom. The summed E-state index contributed by atoms with van der Waals surface area (Å²) >= 11 is 0. The highest BCUT2D eigenvalue weighted by atomic mass is 16.5. The number of carbonyl (C=O) groups is 1. The van der Waals surface area contributed by atoms with Crippen LogP contribution in [0.3, 0.4) is 0 Å². The van der Waals surface area contributed by atoms with Gasteiger partial charge in [-0.15, -0.1) is 0 Å². The minimum atomic E-state index is -1.96. The number of benzene rings is 1. The Labute approximate surface area is 115 Å². The number of ether oxygens (including phenoxy) is 1. The maximum absolute atomic E-state index is 12.0. The molecule has 0 saturated carbocycles. The number of Topliss-reactive ketones (excluding diaryl/α,β-unsaturated/α-hetero) is 1. The second-order valence-electron chi connectivity index (χ2n) is 4.24. The molecule has 112 valence electrons. The van der Waals surface area contributed by atoms with E-state index in [1.807, 2.05) is 0 Å². The Balaban J connectivity index is 2.91. The number of hydrogen-bond donors (Lipinski definition) is 5. The van der Waals surface area contributed by atoms with Crippen LogP contribution in [0.5, 0.6) is 5.75 Å². The monoisotopic (exact) mass is 286 g/mol. The standard InChI is InChI=1S/C13H18O7/c1-20-9-5-3-2-4-7(9)10(16)12(18)13(19)11(17)8(15)6-14/h2-5,8,11-15,17-19H,6H2,1H3/t8-,11-,12+,13+/m1/s1. The second-order valence-corrected chi connectivity index (χ2v) is 4.24. The maximum atomic E-state index is 12.0. The summed E-state index contributed by atoms with van der Waals surface area (Å²) in [5.41, 5.74) is 0.0345. The summed E-state index contributed by atoms with van der Waals surface area (Å²) in [4.78, 5) is 12.0. The predicted molar refractivity (Wildman–Crippen MR) is 68.4 cm³/mol. The molecule has 20 heavy (non-hydrogen) atoms. The zero-order valence-electron chi connectivity index (χ0n) is 10.9. The lowest BCUT2D eigenvalue weighted by atomic mass is 9.96. The first kappa shape index (κ1) is 16.5. The summed E-state index contributed by atoms with van der Waals surface area (Å²) in [5, 5.41) is 46.8. The smallest absolute Gasteiger partial charge is 0.197 e. The molecule has 0 amide bonds. The van der Waals surface area contributed by atoms with Crippen molar-refractivity contribution in [3.63, 3.8) is 0 Å². The molecule has 0 aliphatic rings. The number of methoxy groups -OCH3 is 1. The molecule has 0 aliphatic heterocycles. The minimum Gasteiger partial charge on any atom is -0.496 e. The lowest BCUT2D eigenvalue weighted by Crippen LogP contribution is -2.48. The maximum Gasteiger partial charge on any atom is 0.197 e. The van der Waals surface area contributed by atoms with Crippen molar-refractivity contribution in [2.45, 2.75) is 24.4 Å². The third-order valence-corrected chi connectivity index (χ3v) is 2.90. The quantitative estimate of drug-likeness (QED) is 0.378. The van der Waals surface area contributed by atoms with E-state index in [2.05, 4.69) is 0 Å². The molecule has 1 aromatic carbocycles. The van der Waals surface area contributed by atoms with Gasteiger partial charge in [-0.2, -0.15) is 0 Å². The fourth-order valence-corrected chi connectivity index (χ4v) is 1.68. The molecule has 0 radical (unpaired) electrons. The Bertz CT molecular complexity index is 448. The highest BCUT2D eigenvalue weighted by molar-refractivity contribution is 6.02. The number of rotatable bonds is 7. The van der Waals surface area contributed by atoms with Crippen molar-refractivity contribution < 1.29 is 35.1 Å². The van der Waals surface area contributed by atoms with Crippen LogP contribution in [0.15, 0.2) is 24.3 Å². The molecule has 0 unspecified atom stereocenters. The molecule has 0 aliphatic carbocycles. The lowest BCUT2D eigenvalue weighted by Gasteiger charge is -2.25. The van der Waals surface area contributed by atoms with Crippen LogP contribution in [-0.2, 0) is 0 Å². The van der Waals surface area contributed by atoms with Gasteiger partial charge in [-0.05, 0) is 12.1 Å². The van der Waals surface area contributed by atoms with E-state index in [1.54, 1.807) is 12.1 Å². The summed E-state index contributed by atoms with van der Waals surface area (Å²) in [5.74, 6) is -0.653. The fourth-order valence-electron chi connectivity index (χ4n) is 1.68. The fraction of sp³-hybridized carbons (Fsp3) is 0.462. The zero-order chi connectivity index (χ0) is 15.3. The molecular weight excluding hydrogens is 268 g/mol. The zero-order valence-corrected chi connectivity index (χ0v) is 10.9. The summed E-state index contributed by atoms with van der Waals surface area (Å²) in [6.45, 7) is -0.812. The number of aliphatic hydroxyl groups is 5. The van der Waals surface area contributed by atoms with Crippen LogP contribution in [0.2, 0.25) is 0 Å². The lowest BCUT2D eigenvalue weighted by molar-refractivity contribution is -0.105. The van der Waals surface area contributed by atoms with Crippen molar-refractivity contribution in [1.82, 2.24) is 0 Å². The van der Waals surface area contributed by atoms with Crippen molar-refractivity contribution >= 4 is 5.78 Å². The summed E-state index contributed by atoms with van der Waals surface area (Å²) in [6, 6.07) is 6.08. The third kappa shape index (κ3) is 3.53. The largest absolute Gasteiger partial charge is 0.496 e. The van der Waals surface area contributed by atoms with E-state index in [0.29, 0.717) is 0 Å². The highest BCUT2D eigenvalue weighted by Crippen LogP contribution is 2.20. The van der Waals surface area contributed by atoms with Crippen LogP contribution in [-0.4, -0.2) is 69.4 Å². The molecule has 1 rings (SSSR count). The van der Waals surface area contributed by atoms with Crippen molar-refractivity contribution in [1.29, 1.82) is 0 Å². The van der Waals surface area contributed by atoms with Gasteiger partial charge in [0.15, 0.2) is 5.78 Å². The first-order chi connectivity index (χ1) is 9.43. The Hall–Kier alpha value is -1.51. The molecule has 0 spiro atoms. The molecule has 1 aromatic rings. The van der Waals surface area contributed by atoms with Gasteiger partial charge in [0.25, 0.3) is 0 Å². The number of para-hydroxylation sites is 1. The Kier molecular flexibility index (Phi) is 6.05. The first-order valence-electron chi connectivity index (χ1n) is 5.94. The molecule has 0 saturated heterocycles. The van der Waals surface area contributed by atoms with E-state index in [0.717, 1.165) is 0 Å². The van der Waals surface area contributed by atoms with E-state index >= 15 is 0 Å². The minimum absolute atomic E-state index is 0.0345. The first-order valence-corrected chi connectivity index (χ1v) is 5.94. The number of aliphatic hydroxyl groups excluding tert-OH is 5. The van der Waals surface area contributed by atoms with Gasteiger partial charge in [-0.1, -0.05) is 12.1 Å². The third-order valence-electron chi connectivity index (χ3n) is 2.90. The van der Waals surface area contributed by atoms with Gasteiger partial charge in [0.05, 0.1) is 19.3 Å². The van der Waals surface area contributed by atoms with E-state index in [-0.39, 0.29) is 11.3 Å². The van der Waals surface area contributed by atoms with Crippen LogP contribution >= 0.6 is 0 Å².